The first kappa shape index (κ1) is 40.9. The van der Waals surface area contributed by atoms with Gasteiger partial charge in [0.25, 0.3) is 0 Å². The zero-order valence-electron chi connectivity index (χ0n) is 28.3. The van der Waals surface area contributed by atoms with Crippen molar-refractivity contribution in [2.24, 2.45) is 0 Å². The van der Waals surface area contributed by atoms with Crippen molar-refractivity contribution in [2.75, 3.05) is 13.2 Å². The minimum atomic E-state index is -0.760. The van der Waals surface area contributed by atoms with Gasteiger partial charge in [0.2, 0.25) is 0 Å². The molecule has 0 rings (SSSR count). The molecule has 0 aromatic heterocycles. The van der Waals surface area contributed by atoms with E-state index in [0.29, 0.717) is 12.8 Å². The van der Waals surface area contributed by atoms with E-state index in [1.807, 2.05) is 0 Å². The van der Waals surface area contributed by atoms with Gasteiger partial charge < -0.3 is 14.6 Å². The molecule has 0 radical (unpaired) electrons. The van der Waals surface area contributed by atoms with Crippen molar-refractivity contribution in [3.8, 4) is 0 Å². The van der Waals surface area contributed by atoms with Crippen molar-refractivity contribution >= 4 is 11.9 Å². The second kappa shape index (κ2) is 34.4. The van der Waals surface area contributed by atoms with Gasteiger partial charge in [-0.05, 0) is 12.8 Å². The first-order chi connectivity index (χ1) is 20.6. The van der Waals surface area contributed by atoms with Crippen LogP contribution < -0.4 is 0 Å². The van der Waals surface area contributed by atoms with Crippen LogP contribution in [-0.4, -0.2) is 36.4 Å². The minimum absolute atomic E-state index is 0.0573. The van der Waals surface area contributed by atoms with Gasteiger partial charge in [-0.2, -0.15) is 0 Å². The van der Waals surface area contributed by atoms with Crippen LogP contribution in [0.5, 0.6) is 0 Å². The van der Waals surface area contributed by atoms with Crippen LogP contribution >= 0.6 is 0 Å². The van der Waals surface area contributed by atoms with Gasteiger partial charge in [-0.15, -0.1) is 0 Å². The Kier molecular flexibility index (Phi) is 33.5. The molecule has 1 N–H and O–H groups in total. The fourth-order valence-electron chi connectivity index (χ4n) is 5.55. The molecule has 0 fully saturated rings. The highest BCUT2D eigenvalue weighted by atomic mass is 16.6. The summed E-state index contributed by atoms with van der Waals surface area (Å²) in [5, 5.41) is 9.51. The summed E-state index contributed by atoms with van der Waals surface area (Å²) < 4.78 is 10.6. The highest BCUT2D eigenvalue weighted by Crippen LogP contribution is 2.15. The van der Waals surface area contributed by atoms with Crippen LogP contribution in [0.25, 0.3) is 0 Å². The second-order valence-electron chi connectivity index (χ2n) is 12.7. The highest BCUT2D eigenvalue weighted by Gasteiger charge is 2.16. The molecule has 0 saturated carbocycles. The molecule has 0 aromatic rings. The van der Waals surface area contributed by atoms with E-state index in [-0.39, 0.29) is 25.2 Å². The standard InChI is InChI=1S/C37H72O5/c1-3-5-7-9-11-13-15-16-17-18-19-20-22-23-25-27-29-31-36(39)41-34-35(33-38)42-37(40)32-30-28-26-24-21-14-12-10-8-6-4-2/h35,38H,3-34H2,1-2H3. The monoisotopic (exact) mass is 597 g/mol. The van der Waals surface area contributed by atoms with Crippen molar-refractivity contribution < 1.29 is 24.2 Å². The van der Waals surface area contributed by atoms with Crippen LogP contribution in [0, 0.1) is 0 Å². The molecule has 250 valence electrons. The molecule has 42 heavy (non-hydrogen) atoms. The van der Waals surface area contributed by atoms with E-state index >= 15 is 0 Å². The molecule has 0 aliphatic rings. The van der Waals surface area contributed by atoms with Gasteiger partial charge in [0.15, 0.2) is 6.10 Å². The summed E-state index contributed by atoms with van der Waals surface area (Å²) in [6.45, 7) is 4.14. The lowest BCUT2D eigenvalue weighted by Crippen LogP contribution is -2.28. The van der Waals surface area contributed by atoms with Crippen molar-refractivity contribution in [1.82, 2.24) is 0 Å². The summed E-state index contributed by atoms with van der Waals surface area (Å²) in [5.74, 6) is -0.579. The van der Waals surface area contributed by atoms with Crippen molar-refractivity contribution in [1.29, 1.82) is 0 Å². The number of rotatable bonds is 34. The number of aliphatic hydroxyl groups excluding tert-OH is 1. The van der Waals surface area contributed by atoms with Crippen molar-refractivity contribution in [3.05, 3.63) is 0 Å². The van der Waals surface area contributed by atoms with Gasteiger partial charge in [0.1, 0.15) is 6.61 Å². The molecule has 0 aliphatic heterocycles. The van der Waals surface area contributed by atoms with E-state index in [9.17, 15) is 14.7 Å². The van der Waals surface area contributed by atoms with Crippen LogP contribution in [0.1, 0.15) is 206 Å². The number of unbranched alkanes of at least 4 members (excludes halogenated alkanes) is 26. The zero-order chi connectivity index (χ0) is 30.8. The quantitative estimate of drug-likeness (QED) is 0.0591. The summed E-state index contributed by atoms with van der Waals surface area (Å²) in [5.41, 5.74) is 0. The molecule has 5 nitrogen and oxygen atoms in total. The Hall–Kier alpha value is -1.10. The van der Waals surface area contributed by atoms with Gasteiger partial charge in [-0.1, -0.05) is 181 Å². The third-order valence-electron chi connectivity index (χ3n) is 8.40. The van der Waals surface area contributed by atoms with Crippen molar-refractivity contribution in [3.63, 3.8) is 0 Å². The molecule has 0 spiro atoms. The lowest BCUT2D eigenvalue weighted by molar-refractivity contribution is -0.161. The van der Waals surface area contributed by atoms with Crippen LogP contribution in [0.2, 0.25) is 0 Å². The predicted octanol–water partition coefficient (Wildman–Crippen LogP) is 11.2. The predicted molar refractivity (Wildman–Crippen MR) is 178 cm³/mol. The normalized spacial score (nSPS) is 12.0. The summed E-state index contributed by atoms with van der Waals surface area (Å²) in [6.07, 6.45) is 35.9. The average Bonchev–Trinajstić information content (AvgIpc) is 2.99. The lowest BCUT2D eigenvalue weighted by atomic mass is 10.0. The van der Waals surface area contributed by atoms with Gasteiger partial charge in [0.05, 0.1) is 6.61 Å². The SMILES string of the molecule is CCCCCCCCCCCCCCCCCCCC(=O)OCC(CO)OC(=O)CCCCCCCCCCCCC. The van der Waals surface area contributed by atoms with E-state index in [2.05, 4.69) is 13.8 Å². The summed E-state index contributed by atoms with van der Waals surface area (Å²) in [6, 6.07) is 0. The van der Waals surface area contributed by atoms with Gasteiger partial charge >= 0.3 is 11.9 Å². The Bertz CT molecular complexity index is 564. The molecule has 0 aromatic carbocycles. The van der Waals surface area contributed by atoms with Crippen molar-refractivity contribution in [2.45, 2.75) is 213 Å². The van der Waals surface area contributed by atoms with E-state index in [1.165, 1.54) is 148 Å². The first-order valence-electron chi connectivity index (χ1n) is 18.6. The number of hydrogen-bond donors (Lipinski definition) is 1. The second-order valence-corrected chi connectivity index (χ2v) is 12.7. The third-order valence-corrected chi connectivity index (χ3v) is 8.40. The maximum absolute atomic E-state index is 12.1. The van der Waals surface area contributed by atoms with E-state index in [0.717, 1.165) is 32.1 Å². The number of carbonyl (C=O) groups excluding carboxylic acids is 2. The molecule has 0 heterocycles. The topological polar surface area (TPSA) is 72.8 Å². The smallest absolute Gasteiger partial charge is 0.306 e. The summed E-state index contributed by atoms with van der Waals surface area (Å²) in [4.78, 5) is 24.1. The van der Waals surface area contributed by atoms with Crippen LogP contribution in [0.3, 0.4) is 0 Å². The number of hydrogen-bond acceptors (Lipinski definition) is 5. The number of esters is 2. The highest BCUT2D eigenvalue weighted by molar-refractivity contribution is 5.70. The number of carbonyl (C=O) groups is 2. The van der Waals surface area contributed by atoms with E-state index < -0.39 is 6.10 Å². The average molecular weight is 597 g/mol. The minimum Gasteiger partial charge on any atom is -0.462 e. The van der Waals surface area contributed by atoms with Gasteiger partial charge in [-0.25, -0.2) is 0 Å². The third kappa shape index (κ3) is 31.8. The lowest BCUT2D eigenvalue weighted by Gasteiger charge is -2.15. The molecule has 0 saturated heterocycles. The Morgan fingerprint density at radius 2 is 0.738 bits per heavy atom. The molecule has 0 amide bonds. The van der Waals surface area contributed by atoms with E-state index in [1.54, 1.807) is 0 Å². The Labute approximate surface area is 261 Å². The van der Waals surface area contributed by atoms with Gasteiger partial charge in [-0.3, -0.25) is 9.59 Å². The number of aliphatic hydroxyl groups is 1. The molecular weight excluding hydrogens is 524 g/mol. The molecule has 5 heteroatoms. The Morgan fingerprint density at radius 1 is 0.452 bits per heavy atom. The summed E-state index contributed by atoms with van der Waals surface area (Å²) >= 11 is 0. The number of ether oxygens (including phenoxy) is 2. The fourth-order valence-corrected chi connectivity index (χ4v) is 5.55. The molecule has 1 unspecified atom stereocenters. The van der Waals surface area contributed by atoms with Gasteiger partial charge in [0, 0.05) is 12.8 Å². The molecule has 0 bridgehead atoms. The summed E-state index contributed by atoms with van der Waals surface area (Å²) in [7, 11) is 0. The zero-order valence-corrected chi connectivity index (χ0v) is 28.3. The molecule has 0 aliphatic carbocycles. The van der Waals surface area contributed by atoms with Crippen LogP contribution in [0.4, 0.5) is 0 Å². The largest absolute Gasteiger partial charge is 0.462 e. The first-order valence-corrected chi connectivity index (χ1v) is 18.6. The maximum atomic E-state index is 12.1. The fraction of sp³-hybridized carbons (Fsp3) is 0.946. The van der Waals surface area contributed by atoms with Crippen LogP contribution in [0.15, 0.2) is 0 Å². The van der Waals surface area contributed by atoms with Crippen LogP contribution in [-0.2, 0) is 19.1 Å². The Balaban J connectivity index is 3.49. The molecule has 1 atom stereocenters. The molecular formula is C37H72O5. The van der Waals surface area contributed by atoms with E-state index in [4.69, 9.17) is 9.47 Å². The maximum Gasteiger partial charge on any atom is 0.306 e. The Morgan fingerprint density at radius 3 is 1.05 bits per heavy atom.